The molecule has 1 heteroatoms. The van der Waals surface area contributed by atoms with Gasteiger partial charge in [0, 0.05) is 5.54 Å². The summed E-state index contributed by atoms with van der Waals surface area (Å²) in [4.78, 5) is 0. The summed E-state index contributed by atoms with van der Waals surface area (Å²) < 4.78 is 0. The first-order valence-electron chi connectivity index (χ1n) is 3.17. The second-order valence-corrected chi connectivity index (χ2v) is 2.40. The smallest absolute Gasteiger partial charge is 0.00485 e. The third-order valence-electron chi connectivity index (χ3n) is 1.43. The average Bonchev–Trinajstić information content (AvgIpc) is 1.94. The van der Waals surface area contributed by atoms with Gasteiger partial charge in [-0.15, -0.1) is 0 Å². The van der Waals surface area contributed by atoms with Crippen LogP contribution in [0.25, 0.3) is 6.08 Å². The maximum atomic E-state index is 5.43. The molecule has 0 aliphatic heterocycles. The van der Waals surface area contributed by atoms with E-state index >= 15 is 0 Å². The lowest BCUT2D eigenvalue weighted by Gasteiger charge is -1.95. The summed E-state index contributed by atoms with van der Waals surface area (Å²) >= 11 is 5.43. The van der Waals surface area contributed by atoms with Gasteiger partial charge in [-0.2, -0.15) is 0 Å². The third kappa shape index (κ3) is 1.61. The maximum Gasteiger partial charge on any atom is 0.00485 e. The SMILES string of the molecule is Cc1ccccc1/C=C\Cl. The van der Waals surface area contributed by atoms with Crippen molar-refractivity contribution < 1.29 is 0 Å². The van der Waals surface area contributed by atoms with E-state index < -0.39 is 0 Å². The first kappa shape index (κ1) is 7.36. The van der Waals surface area contributed by atoms with Crippen LogP contribution in [0.2, 0.25) is 0 Å². The van der Waals surface area contributed by atoms with Gasteiger partial charge in [-0.25, -0.2) is 0 Å². The molecule has 0 amide bonds. The first-order valence-corrected chi connectivity index (χ1v) is 3.60. The van der Waals surface area contributed by atoms with E-state index in [9.17, 15) is 0 Å². The molecule has 0 bridgehead atoms. The second kappa shape index (κ2) is 3.43. The molecule has 0 N–H and O–H groups in total. The van der Waals surface area contributed by atoms with Gasteiger partial charge >= 0.3 is 0 Å². The quantitative estimate of drug-likeness (QED) is 0.580. The van der Waals surface area contributed by atoms with Crippen molar-refractivity contribution in [1.82, 2.24) is 0 Å². The highest BCUT2D eigenvalue weighted by molar-refractivity contribution is 6.27. The Balaban J connectivity index is 3.03. The molecule has 0 atom stereocenters. The molecule has 1 aromatic rings. The van der Waals surface area contributed by atoms with E-state index in [0.717, 1.165) is 0 Å². The first-order chi connectivity index (χ1) is 4.84. The number of rotatable bonds is 1. The fraction of sp³-hybridized carbons (Fsp3) is 0.111. The van der Waals surface area contributed by atoms with E-state index in [4.69, 9.17) is 11.6 Å². The molecule has 0 saturated carbocycles. The molecule has 0 nitrogen and oxygen atoms in total. The second-order valence-electron chi connectivity index (χ2n) is 2.15. The van der Waals surface area contributed by atoms with Crippen LogP contribution in [0.15, 0.2) is 29.8 Å². The number of aryl methyl sites for hydroxylation is 1. The van der Waals surface area contributed by atoms with Crippen molar-refractivity contribution in [3.63, 3.8) is 0 Å². The summed E-state index contributed by atoms with van der Waals surface area (Å²) in [6.07, 6.45) is 1.89. The molecule has 0 aliphatic rings. The molecule has 0 aliphatic carbocycles. The number of hydrogen-bond donors (Lipinski definition) is 0. The topological polar surface area (TPSA) is 0 Å². The van der Waals surface area contributed by atoms with Crippen LogP contribution in [-0.4, -0.2) is 0 Å². The Morgan fingerprint density at radius 1 is 1.30 bits per heavy atom. The van der Waals surface area contributed by atoms with Gasteiger partial charge in [0.1, 0.15) is 0 Å². The van der Waals surface area contributed by atoms with E-state index in [1.54, 1.807) is 0 Å². The highest BCUT2D eigenvalue weighted by atomic mass is 35.5. The Labute approximate surface area is 66.1 Å². The average molecular weight is 153 g/mol. The van der Waals surface area contributed by atoms with Crippen molar-refractivity contribution in [1.29, 1.82) is 0 Å². The van der Waals surface area contributed by atoms with Crippen molar-refractivity contribution in [2.24, 2.45) is 0 Å². The number of hydrogen-bond acceptors (Lipinski definition) is 0. The van der Waals surface area contributed by atoms with Gasteiger partial charge in [-0.1, -0.05) is 35.9 Å². The molecular weight excluding hydrogens is 144 g/mol. The molecule has 52 valence electrons. The third-order valence-corrected chi connectivity index (χ3v) is 1.56. The van der Waals surface area contributed by atoms with Crippen LogP contribution in [0.5, 0.6) is 0 Å². The van der Waals surface area contributed by atoms with E-state index in [-0.39, 0.29) is 0 Å². The predicted molar refractivity (Wildman–Crippen MR) is 46.1 cm³/mol. The van der Waals surface area contributed by atoms with Gasteiger partial charge in [-0.05, 0) is 24.1 Å². The minimum absolute atomic E-state index is 1.18. The fourth-order valence-corrected chi connectivity index (χ4v) is 0.977. The zero-order chi connectivity index (χ0) is 7.40. The maximum absolute atomic E-state index is 5.43. The standard InChI is InChI=1S/C9H9Cl/c1-8-4-2-3-5-9(8)6-7-10/h2-7H,1H3/b7-6-. The van der Waals surface area contributed by atoms with Crippen LogP contribution in [-0.2, 0) is 0 Å². The number of benzene rings is 1. The van der Waals surface area contributed by atoms with Crippen molar-refractivity contribution in [2.75, 3.05) is 0 Å². The Morgan fingerprint density at radius 2 is 2.00 bits per heavy atom. The summed E-state index contributed by atoms with van der Waals surface area (Å²) in [6.45, 7) is 2.06. The van der Waals surface area contributed by atoms with Crippen LogP contribution >= 0.6 is 11.6 Å². The zero-order valence-electron chi connectivity index (χ0n) is 5.84. The molecule has 1 aromatic carbocycles. The van der Waals surface area contributed by atoms with E-state index in [0.29, 0.717) is 0 Å². The van der Waals surface area contributed by atoms with E-state index in [2.05, 4.69) is 13.0 Å². The molecule has 0 spiro atoms. The van der Waals surface area contributed by atoms with Gasteiger partial charge in [-0.3, -0.25) is 0 Å². The Morgan fingerprint density at radius 3 is 2.60 bits per heavy atom. The molecular formula is C9H9Cl. The highest BCUT2D eigenvalue weighted by Crippen LogP contribution is 2.08. The largest absolute Gasteiger partial charge is 0.0929 e. The molecule has 0 radical (unpaired) electrons. The lowest BCUT2D eigenvalue weighted by atomic mass is 10.1. The van der Waals surface area contributed by atoms with Gasteiger partial charge in [0.15, 0.2) is 0 Å². The predicted octanol–water partition coefficient (Wildman–Crippen LogP) is 3.20. The minimum Gasteiger partial charge on any atom is -0.0929 e. The summed E-state index contributed by atoms with van der Waals surface area (Å²) in [5.74, 6) is 0. The molecule has 0 unspecified atom stereocenters. The fourth-order valence-electron chi connectivity index (χ4n) is 0.842. The Kier molecular flexibility index (Phi) is 2.52. The van der Waals surface area contributed by atoms with E-state index in [1.165, 1.54) is 16.7 Å². The molecule has 10 heavy (non-hydrogen) atoms. The molecule has 0 saturated heterocycles. The van der Waals surface area contributed by atoms with Crippen LogP contribution in [0.1, 0.15) is 11.1 Å². The molecule has 0 fully saturated rings. The van der Waals surface area contributed by atoms with Gasteiger partial charge in [0.05, 0.1) is 0 Å². The normalized spacial score (nSPS) is 10.6. The van der Waals surface area contributed by atoms with Gasteiger partial charge in [0.2, 0.25) is 0 Å². The van der Waals surface area contributed by atoms with Gasteiger partial charge < -0.3 is 0 Å². The Bertz CT molecular complexity index is 238. The van der Waals surface area contributed by atoms with E-state index in [1.807, 2.05) is 24.3 Å². The van der Waals surface area contributed by atoms with Crippen LogP contribution < -0.4 is 0 Å². The number of halogens is 1. The lowest BCUT2D eigenvalue weighted by molar-refractivity contribution is 1.45. The summed E-state index contributed by atoms with van der Waals surface area (Å²) in [6, 6.07) is 8.11. The molecule has 0 heterocycles. The summed E-state index contributed by atoms with van der Waals surface area (Å²) in [7, 11) is 0. The molecule has 1 rings (SSSR count). The van der Waals surface area contributed by atoms with Crippen molar-refractivity contribution in [3.8, 4) is 0 Å². The minimum atomic E-state index is 1.18. The van der Waals surface area contributed by atoms with Crippen LogP contribution in [0.3, 0.4) is 0 Å². The zero-order valence-corrected chi connectivity index (χ0v) is 6.60. The molecule has 0 aromatic heterocycles. The van der Waals surface area contributed by atoms with Crippen LogP contribution in [0, 0.1) is 6.92 Å². The highest BCUT2D eigenvalue weighted by Gasteiger charge is 1.88. The van der Waals surface area contributed by atoms with Crippen molar-refractivity contribution >= 4 is 17.7 Å². The van der Waals surface area contributed by atoms with Crippen molar-refractivity contribution in [2.45, 2.75) is 6.92 Å². The van der Waals surface area contributed by atoms with Crippen LogP contribution in [0.4, 0.5) is 0 Å². The van der Waals surface area contributed by atoms with Gasteiger partial charge in [0.25, 0.3) is 0 Å². The monoisotopic (exact) mass is 152 g/mol. The lowest BCUT2D eigenvalue weighted by Crippen LogP contribution is -1.76. The Hall–Kier alpha value is -0.750. The van der Waals surface area contributed by atoms with Crippen molar-refractivity contribution in [3.05, 3.63) is 40.9 Å². The summed E-state index contributed by atoms with van der Waals surface area (Å²) in [5, 5.41) is 0. The summed E-state index contributed by atoms with van der Waals surface area (Å²) in [5.41, 5.74) is 3.96.